The van der Waals surface area contributed by atoms with Gasteiger partial charge in [0, 0.05) is 30.6 Å². The van der Waals surface area contributed by atoms with Crippen molar-refractivity contribution in [2.45, 2.75) is 6.54 Å². The first kappa shape index (κ1) is 12.4. The zero-order chi connectivity index (χ0) is 13.0. The molecule has 0 saturated carbocycles. The summed E-state index contributed by atoms with van der Waals surface area (Å²) < 4.78 is 10.6. The zero-order valence-corrected chi connectivity index (χ0v) is 10.5. The summed E-state index contributed by atoms with van der Waals surface area (Å²) in [5.74, 6) is 1.52. The van der Waals surface area contributed by atoms with E-state index >= 15 is 0 Å². The molecule has 0 aliphatic heterocycles. The maximum atomic E-state index is 5.73. The first-order chi connectivity index (χ1) is 8.80. The van der Waals surface area contributed by atoms with Gasteiger partial charge in [0.1, 0.15) is 11.5 Å². The Kier molecular flexibility index (Phi) is 3.79. The average Bonchev–Trinajstić information content (AvgIpc) is 2.46. The zero-order valence-electron chi connectivity index (χ0n) is 10.5. The Morgan fingerprint density at radius 3 is 2.61 bits per heavy atom. The first-order valence-corrected chi connectivity index (χ1v) is 5.65. The van der Waals surface area contributed by atoms with Crippen LogP contribution in [-0.4, -0.2) is 19.2 Å². The lowest BCUT2D eigenvalue weighted by atomic mass is 10.0. The molecule has 0 radical (unpaired) electrons. The fourth-order valence-electron chi connectivity index (χ4n) is 1.87. The third-order valence-corrected chi connectivity index (χ3v) is 2.82. The molecule has 2 rings (SSSR count). The molecule has 2 N–H and O–H groups in total. The van der Waals surface area contributed by atoms with Crippen molar-refractivity contribution in [3.8, 4) is 22.6 Å². The molecular weight excluding hydrogens is 228 g/mol. The van der Waals surface area contributed by atoms with Gasteiger partial charge in [-0.3, -0.25) is 4.98 Å². The van der Waals surface area contributed by atoms with Gasteiger partial charge >= 0.3 is 0 Å². The number of methoxy groups -OCH3 is 2. The van der Waals surface area contributed by atoms with Gasteiger partial charge in [-0.25, -0.2) is 0 Å². The van der Waals surface area contributed by atoms with Gasteiger partial charge in [0.05, 0.1) is 14.2 Å². The maximum Gasteiger partial charge on any atom is 0.130 e. The van der Waals surface area contributed by atoms with Crippen molar-refractivity contribution in [2.24, 2.45) is 5.73 Å². The highest BCUT2D eigenvalue weighted by Gasteiger charge is 2.10. The fraction of sp³-hybridized carbons (Fsp3) is 0.214. The average molecular weight is 244 g/mol. The number of ether oxygens (including phenoxy) is 2. The van der Waals surface area contributed by atoms with E-state index in [2.05, 4.69) is 4.98 Å². The minimum absolute atomic E-state index is 0.443. The summed E-state index contributed by atoms with van der Waals surface area (Å²) in [4.78, 5) is 4.09. The molecule has 1 aromatic carbocycles. The van der Waals surface area contributed by atoms with Gasteiger partial charge in [-0.1, -0.05) is 0 Å². The van der Waals surface area contributed by atoms with Crippen LogP contribution in [0.25, 0.3) is 11.1 Å². The van der Waals surface area contributed by atoms with Crippen LogP contribution in [0.15, 0.2) is 36.7 Å². The second kappa shape index (κ2) is 5.51. The monoisotopic (exact) mass is 244 g/mol. The number of benzene rings is 1. The lowest BCUT2D eigenvalue weighted by Gasteiger charge is -2.13. The highest BCUT2D eigenvalue weighted by molar-refractivity contribution is 5.73. The number of hydrogen-bond acceptors (Lipinski definition) is 4. The lowest BCUT2D eigenvalue weighted by Crippen LogP contribution is -2.00. The SMILES string of the molecule is COc1ccc(-c2ccncc2CN)c(OC)c1. The lowest BCUT2D eigenvalue weighted by molar-refractivity contribution is 0.395. The Morgan fingerprint density at radius 2 is 1.94 bits per heavy atom. The van der Waals surface area contributed by atoms with Crippen LogP contribution in [0.2, 0.25) is 0 Å². The minimum Gasteiger partial charge on any atom is -0.497 e. The Hall–Kier alpha value is -2.07. The molecule has 0 saturated heterocycles. The Bertz CT molecular complexity index is 541. The molecule has 0 fully saturated rings. The standard InChI is InChI=1S/C14H16N2O2/c1-17-11-3-4-13(14(7-11)18-2)12-5-6-16-9-10(12)8-15/h3-7,9H,8,15H2,1-2H3. The molecule has 0 atom stereocenters. The van der Waals surface area contributed by atoms with Gasteiger partial charge in [0.25, 0.3) is 0 Å². The summed E-state index contributed by atoms with van der Waals surface area (Å²) in [5, 5.41) is 0. The molecule has 0 bridgehead atoms. The Morgan fingerprint density at radius 1 is 1.11 bits per heavy atom. The molecule has 1 aromatic heterocycles. The van der Waals surface area contributed by atoms with Crippen LogP contribution in [0.5, 0.6) is 11.5 Å². The molecule has 0 spiro atoms. The van der Waals surface area contributed by atoms with Crippen LogP contribution in [0, 0.1) is 0 Å². The molecule has 0 amide bonds. The summed E-state index contributed by atoms with van der Waals surface area (Å²) in [7, 11) is 3.27. The van der Waals surface area contributed by atoms with Crippen molar-refractivity contribution in [3.63, 3.8) is 0 Å². The molecule has 0 unspecified atom stereocenters. The molecule has 0 aliphatic carbocycles. The normalized spacial score (nSPS) is 10.2. The Labute approximate surface area is 106 Å². The molecule has 18 heavy (non-hydrogen) atoms. The second-order valence-electron chi connectivity index (χ2n) is 3.80. The highest BCUT2D eigenvalue weighted by Crippen LogP contribution is 2.34. The number of aromatic nitrogens is 1. The van der Waals surface area contributed by atoms with Crippen molar-refractivity contribution >= 4 is 0 Å². The van der Waals surface area contributed by atoms with Crippen LogP contribution in [-0.2, 0) is 6.54 Å². The fourth-order valence-corrected chi connectivity index (χ4v) is 1.87. The smallest absolute Gasteiger partial charge is 0.130 e. The number of rotatable bonds is 4. The second-order valence-corrected chi connectivity index (χ2v) is 3.80. The molecule has 2 aromatic rings. The van der Waals surface area contributed by atoms with Crippen molar-refractivity contribution in [1.82, 2.24) is 4.98 Å². The third kappa shape index (κ3) is 2.28. The van der Waals surface area contributed by atoms with Crippen LogP contribution in [0.4, 0.5) is 0 Å². The van der Waals surface area contributed by atoms with E-state index in [1.54, 1.807) is 26.6 Å². The number of nitrogens with two attached hydrogens (primary N) is 1. The van der Waals surface area contributed by atoms with Gasteiger partial charge in [0.15, 0.2) is 0 Å². The van der Waals surface area contributed by atoms with Crippen molar-refractivity contribution in [3.05, 3.63) is 42.2 Å². The van der Waals surface area contributed by atoms with E-state index in [0.717, 1.165) is 28.2 Å². The van der Waals surface area contributed by atoms with Gasteiger partial charge in [0.2, 0.25) is 0 Å². The predicted octanol–water partition coefficient (Wildman–Crippen LogP) is 2.22. The van der Waals surface area contributed by atoms with E-state index < -0.39 is 0 Å². The summed E-state index contributed by atoms with van der Waals surface area (Å²) in [6, 6.07) is 7.66. The molecule has 0 aliphatic rings. The topological polar surface area (TPSA) is 57.4 Å². The van der Waals surface area contributed by atoms with Crippen LogP contribution >= 0.6 is 0 Å². The minimum atomic E-state index is 0.443. The van der Waals surface area contributed by atoms with Crippen molar-refractivity contribution < 1.29 is 9.47 Å². The molecule has 94 valence electrons. The number of hydrogen-bond donors (Lipinski definition) is 1. The van der Waals surface area contributed by atoms with Gasteiger partial charge in [-0.15, -0.1) is 0 Å². The molecule has 1 heterocycles. The maximum absolute atomic E-state index is 5.73. The molecular formula is C14H16N2O2. The number of nitrogens with zero attached hydrogens (tertiary/aromatic N) is 1. The predicted molar refractivity (Wildman–Crippen MR) is 70.7 cm³/mol. The van der Waals surface area contributed by atoms with E-state index in [9.17, 15) is 0 Å². The van der Waals surface area contributed by atoms with E-state index in [0.29, 0.717) is 6.54 Å². The van der Waals surface area contributed by atoms with Gasteiger partial charge in [-0.2, -0.15) is 0 Å². The summed E-state index contributed by atoms with van der Waals surface area (Å²) in [6.07, 6.45) is 3.52. The van der Waals surface area contributed by atoms with Gasteiger partial charge < -0.3 is 15.2 Å². The number of pyridine rings is 1. The van der Waals surface area contributed by atoms with Crippen molar-refractivity contribution in [2.75, 3.05) is 14.2 Å². The van der Waals surface area contributed by atoms with Crippen LogP contribution in [0.3, 0.4) is 0 Å². The third-order valence-electron chi connectivity index (χ3n) is 2.82. The quantitative estimate of drug-likeness (QED) is 0.896. The van der Waals surface area contributed by atoms with Crippen LogP contribution < -0.4 is 15.2 Å². The largest absolute Gasteiger partial charge is 0.497 e. The van der Waals surface area contributed by atoms with Gasteiger partial charge in [-0.05, 0) is 29.3 Å². The van der Waals surface area contributed by atoms with E-state index in [1.807, 2.05) is 24.3 Å². The van der Waals surface area contributed by atoms with E-state index in [1.165, 1.54) is 0 Å². The van der Waals surface area contributed by atoms with E-state index in [4.69, 9.17) is 15.2 Å². The van der Waals surface area contributed by atoms with Crippen LogP contribution in [0.1, 0.15) is 5.56 Å². The highest BCUT2D eigenvalue weighted by atomic mass is 16.5. The molecule has 4 heteroatoms. The molecule has 4 nitrogen and oxygen atoms in total. The first-order valence-electron chi connectivity index (χ1n) is 5.65. The summed E-state index contributed by atoms with van der Waals surface area (Å²) >= 11 is 0. The van der Waals surface area contributed by atoms with E-state index in [-0.39, 0.29) is 0 Å². The summed E-state index contributed by atoms with van der Waals surface area (Å²) in [6.45, 7) is 0.443. The summed E-state index contributed by atoms with van der Waals surface area (Å²) in [5.41, 5.74) is 8.74. The Balaban J connectivity index is 2.56. The van der Waals surface area contributed by atoms with Crippen molar-refractivity contribution in [1.29, 1.82) is 0 Å².